The summed E-state index contributed by atoms with van der Waals surface area (Å²) in [6, 6.07) is 15.9. The van der Waals surface area contributed by atoms with Gasteiger partial charge in [-0.3, -0.25) is 0 Å². The van der Waals surface area contributed by atoms with Crippen LogP contribution in [0.1, 0.15) is 12.8 Å². The molecule has 1 fully saturated rings. The molecular formula is C17H19ClN2O. The fourth-order valence-corrected chi connectivity index (χ4v) is 2.90. The van der Waals surface area contributed by atoms with Gasteiger partial charge in [-0.2, -0.15) is 0 Å². The molecule has 0 aliphatic carbocycles. The Morgan fingerprint density at radius 2 is 1.76 bits per heavy atom. The second kappa shape index (κ2) is 6.27. The number of para-hydroxylation sites is 1. The van der Waals surface area contributed by atoms with Crippen molar-refractivity contribution in [3.8, 4) is 5.75 Å². The third-order valence-corrected chi connectivity index (χ3v) is 4.11. The molecule has 110 valence electrons. The lowest BCUT2D eigenvalue weighted by atomic mass is 10.1. The van der Waals surface area contributed by atoms with Gasteiger partial charge in [-0.05, 0) is 30.3 Å². The van der Waals surface area contributed by atoms with Crippen LogP contribution in [-0.4, -0.2) is 19.2 Å². The third-order valence-electron chi connectivity index (χ3n) is 3.81. The number of halogens is 1. The zero-order chi connectivity index (χ0) is 14.7. The summed E-state index contributed by atoms with van der Waals surface area (Å²) in [6.07, 6.45) is 2.21. The Balaban J connectivity index is 1.59. The maximum atomic E-state index is 6.16. The second-order valence-corrected chi connectivity index (χ2v) is 5.74. The number of benzene rings is 2. The maximum Gasteiger partial charge on any atom is 0.138 e. The number of rotatable bonds is 3. The van der Waals surface area contributed by atoms with Crippen LogP contribution < -0.4 is 15.4 Å². The molecule has 0 bridgehead atoms. The van der Waals surface area contributed by atoms with E-state index >= 15 is 0 Å². The highest BCUT2D eigenvalue weighted by Gasteiger charge is 2.21. The van der Waals surface area contributed by atoms with E-state index in [-0.39, 0.29) is 6.10 Å². The molecule has 2 aromatic carbocycles. The monoisotopic (exact) mass is 302 g/mol. The average molecular weight is 303 g/mol. The topological polar surface area (TPSA) is 38.5 Å². The molecule has 4 heteroatoms. The number of hydrogen-bond acceptors (Lipinski definition) is 3. The van der Waals surface area contributed by atoms with E-state index < -0.39 is 0 Å². The molecule has 0 aromatic heterocycles. The Morgan fingerprint density at radius 3 is 2.43 bits per heavy atom. The van der Waals surface area contributed by atoms with Gasteiger partial charge >= 0.3 is 0 Å². The lowest BCUT2D eigenvalue weighted by molar-refractivity contribution is 0.171. The molecule has 0 saturated carbocycles. The molecule has 0 spiro atoms. The summed E-state index contributed by atoms with van der Waals surface area (Å²) in [6.45, 7) is 2.00. The summed E-state index contributed by atoms with van der Waals surface area (Å²) in [5.74, 6) is 0.726. The van der Waals surface area contributed by atoms with E-state index in [9.17, 15) is 0 Å². The van der Waals surface area contributed by atoms with E-state index in [0.29, 0.717) is 10.7 Å². The molecule has 3 nitrogen and oxygen atoms in total. The summed E-state index contributed by atoms with van der Waals surface area (Å²) in [7, 11) is 0. The first-order chi connectivity index (χ1) is 10.2. The van der Waals surface area contributed by atoms with Gasteiger partial charge in [0.15, 0.2) is 0 Å². The van der Waals surface area contributed by atoms with E-state index in [2.05, 4.69) is 29.2 Å². The van der Waals surface area contributed by atoms with Gasteiger partial charge in [0.25, 0.3) is 0 Å². The van der Waals surface area contributed by atoms with Crippen LogP contribution in [0.3, 0.4) is 0 Å². The molecule has 1 saturated heterocycles. The van der Waals surface area contributed by atoms with Crippen LogP contribution in [0.5, 0.6) is 5.75 Å². The lowest BCUT2D eigenvalue weighted by Gasteiger charge is -2.33. The van der Waals surface area contributed by atoms with E-state index in [1.165, 1.54) is 5.69 Å². The van der Waals surface area contributed by atoms with Crippen molar-refractivity contribution in [2.24, 2.45) is 0 Å². The molecule has 21 heavy (non-hydrogen) atoms. The molecule has 0 amide bonds. The SMILES string of the molecule is Nc1ccc(OC2CCN(c3ccccc3)CC2)c(Cl)c1. The van der Waals surface area contributed by atoms with Gasteiger partial charge in [0, 0.05) is 37.3 Å². The van der Waals surface area contributed by atoms with Gasteiger partial charge < -0.3 is 15.4 Å². The molecule has 2 N–H and O–H groups in total. The van der Waals surface area contributed by atoms with Gasteiger partial charge in [-0.1, -0.05) is 29.8 Å². The zero-order valence-corrected chi connectivity index (χ0v) is 12.6. The van der Waals surface area contributed by atoms with Crippen LogP contribution in [0.2, 0.25) is 5.02 Å². The molecule has 0 atom stereocenters. The van der Waals surface area contributed by atoms with E-state index in [0.717, 1.165) is 31.7 Å². The highest BCUT2D eigenvalue weighted by atomic mass is 35.5. The van der Waals surface area contributed by atoms with E-state index in [1.54, 1.807) is 6.07 Å². The smallest absolute Gasteiger partial charge is 0.138 e. The number of hydrogen-bond donors (Lipinski definition) is 1. The van der Waals surface area contributed by atoms with Crippen LogP contribution in [0.15, 0.2) is 48.5 Å². The third kappa shape index (κ3) is 3.42. The van der Waals surface area contributed by atoms with Gasteiger partial charge in [0.1, 0.15) is 11.9 Å². The molecule has 2 aromatic rings. The molecule has 3 rings (SSSR count). The Bertz CT molecular complexity index is 595. The molecule has 1 aliphatic heterocycles. The first-order valence-corrected chi connectivity index (χ1v) is 7.62. The van der Waals surface area contributed by atoms with Crippen LogP contribution in [0, 0.1) is 0 Å². The quantitative estimate of drug-likeness (QED) is 0.872. The summed E-state index contributed by atoms with van der Waals surface area (Å²) in [5.41, 5.74) is 7.63. The van der Waals surface area contributed by atoms with E-state index in [1.807, 2.05) is 18.2 Å². The van der Waals surface area contributed by atoms with Crippen LogP contribution in [-0.2, 0) is 0 Å². The highest BCUT2D eigenvalue weighted by Crippen LogP contribution is 2.29. The molecule has 1 heterocycles. The lowest BCUT2D eigenvalue weighted by Crippen LogP contribution is -2.38. The van der Waals surface area contributed by atoms with Crippen LogP contribution >= 0.6 is 11.6 Å². The second-order valence-electron chi connectivity index (χ2n) is 5.33. The van der Waals surface area contributed by atoms with Crippen molar-refractivity contribution in [1.82, 2.24) is 0 Å². The van der Waals surface area contributed by atoms with Crippen molar-refractivity contribution < 1.29 is 4.74 Å². The van der Waals surface area contributed by atoms with Crippen molar-refractivity contribution in [2.45, 2.75) is 18.9 Å². The standard InChI is InChI=1S/C17H19ClN2O/c18-16-12-13(19)6-7-17(16)21-15-8-10-20(11-9-15)14-4-2-1-3-5-14/h1-7,12,15H,8-11,19H2. The van der Waals surface area contributed by atoms with E-state index in [4.69, 9.17) is 22.1 Å². The van der Waals surface area contributed by atoms with Gasteiger partial charge in [-0.15, -0.1) is 0 Å². The van der Waals surface area contributed by atoms with Crippen molar-refractivity contribution in [3.05, 3.63) is 53.6 Å². The normalized spacial score (nSPS) is 16.0. The summed E-state index contributed by atoms with van der Waals surface area (Å²) < 4.78 is 6.01. The molecule has 1 aliphatic rings. The Kier molecular flexibility index (Phi) is 4.20. The predicted molar refractivity (Wildman–Crippen MR) is 88.2 cm³/mol. The summed E-state index contributed by atoms with van der Waals surface area (Å²) >= 11 is 6.16. The minimum absolute atomic E-state index is 0.214. The minimum Gasteiger partial charge on any atom is -0.489 e. The number of piperidine rings is 1. The molecular weight excluding hydrogens is 284 g/mol. The summed E-state index contributed by atoms with van der Waals surface area (Å²) in [4.78, 5) is 2.39. The van der Waals surface area contributed by atoms with Crippen molar-refractivity contribution in [2.75, 3.05) is 23.7 Å². The Morgan fingerprint density at radius 1 is 1.05 bits per heavy atom. The maximum absolute atomic E-state index is 6.16. The van der Waals surface area contributed by atoms with Crippen LogP contribution in [0.4, 0.5) is 11.4 Å². The first-order valence-electron chi connectivity index (χ1n) is 7.24. The van der Waals surface area contributed by atoms with Gasteiger partial charge in [-0.25, -0.2) is 0 Å². The number of anilines is 2. The number of nitrogen functional groups attached to an aromatic ring is 1. The summed E-state index contributed by atoms with van der Waals surface area (Å²) in [5, 5.41) is 0.584. The average Bonchev–Trinajstić information content (AvgIpc) is 2.52. The largest absolute Gasteiger partial charge is 0.489 e. The number of nitrogens with two attached hydrogens (primary N) is 1. The number of ether oxygens (including phenoxy) is 1. The fraction of sp³-hybridized carbons (Fsp3) is 0.294. The van der Waals surface area contributed by atoms with Crippen molar-refractivity contribution in [1.29, 1.82) is 0 Å². The predicted octanol–water partition coefficient (Wildman–Crippen LogP) is 3.97. The van der Waals surface area contributed by atoms with Gasteiger partial charge in [0.2, 0.25) is 0 Å². The highest BCUT2D eigenvalue weighted by molar-refractivity contribution is 6.32. The van der Waals surface area contributed by atoms with Crippen LogP contribution in [0.25, 0.3) is 0 Å². The van der Waals surface area contributed by atoms with Gasteiger partial charge in [0.05, 0.1) is 5.02 Å². The molecule has 0 unspecified atom stereocenters. The minimum atomic E-state index is 0.214. The number of nitrogens with zero attached hydrogens (tertiary/aromatic N) is 1. The first kappa shape index (κ1) is 14.1. The Labute approximate surface area is 130 Å². The van der Waals surface area contributed by atoms with Crippen molar-refractivity contribution >= 4 is 23.0 Å². The zero-order valence-electron chi connectivity index (χ0n) is 11.8. The van der Waals surface area contributed by atoms with Crippen molar-refractivity contribution in [3.63, 3.8) is 0 Å². The molecule has 0 radical (unpaired) electrons. The fourth-order valence-electron chi connectivity index (χ4n) is 2.66. The Hall–Kier alpha value is -1.87.